The highest BCUT2D eigenvalue weighted by atomic mass is 32.2. The second-order valence-electron chi connectivity index (χ2n) is 9.29. The first-order valence-electron chi connectivity index (χ1n) is 10.3. The van der Waals surface area contributed by atoms with Gasteiger partial charge in [-0.3, -0.25) is 9.59 Å². The van der Waals surface area contributed by atoms with Crippen molar-refractivity contribution in [3.8, 4) is 0 Å². The Balaban J connectivity index is 1.28. The van der Waals surface area contributed by atoms with Gasteiger partial charge in [-0.1, -0.05) is 6.07 Å². The molecule has 1 aliphatic heterocycles. The van der Waals surface area contributed by atoms with Crippen molar-refractivity contribution in [3.05, 3.63) is 24.3 Å². The fourth-order valence-corrected chi connectivity index (χ4v) is 6.99. The van der Waals surface area contributed by atoms with Crippen molar-refractivity contribution in [3.63, 3.8) is 0 Å². The largest absolute Gasteiger partial charge is 0.350 e. The molecular formula is C22H28N2O2S. The number of nitrogens with zero attached hydrogens (tertiary/aromatic N) is 1. The zero-order valence-corrected chi connectivity index (χ0v) is 16.8. The Morgan fingerprint density at radius 2 is 1.81 bits per heavy atom. The van der Waals surface area contributed by atoms with Gasteiger partial charge in [-0.05, 0) is 80.7 Å². The molecule has 4 aliphatic carbocycles. The predicted molar refractivity (Wildman–Crippen MR) is 108 cm³/mol. The van der Waals surface area contributed by atoms with Gasteiger partial charge in [0.15, 0.2) is 0 Å². The van der Waals surface area contributed by atoms with Crippen molar-refractivity contribution in [2.45, 2.75) is 55.4 Å². The molecule has 4 nitrogen and oxygen atoms in total. The maximum absolute atomic E-state index is 13.1. The molecular weight excluding hydrogens is 356 g/mol. The molecule has 1 atom stereocenters. The van der Waals surface area contributed by atoms with Crippen LogP contribution in [0.2, 0.25) is 0 Å². The van der Waals surface area contributed by atoms with Gasteiger partial charge in [-0.2, -0.15) is 0 Å². The summed E-state index contributed by atoms with van der Waals surface area (Å²) in [5.41, 5.74) is 0.943. The van der Waals surface area contributed by atoms with E-state index in [0.717, 1.165) is 47.6 Å². The van der Waals surface area contributed by atoms with E-state index < -0.39 is 0 Å². The maximum Gasteiger partial charge on any atom is 0.227 e. The number of thioether (sulfide) groups is 1. The standard InChI is InChI=1S/C22H28N2O2S/c1-27-19-4-2-3-18(9-19)24-13-17(8-20(24)25)21(26)23-22-10-14-5-15(11-22)7-16(6-14)12-22/h2-4,9,14-17H,5-8,10-13H2,1H3,(H,23,26)/t14?,15?,16?,17-,22?/m1/s1. The normalized spacial score (nSPS) is 37.1. The lowest BCUT2D eigenvalue weighted by Crippen LogP contribution is -2.60. The third-order valence-corrected chi connectivity index (χ3v) is 8.01. The van der Waals surface area contributed by atoms with Crippen LogP contribution in [0.1, 0.15) is 44.9 Å². The van der Waals surface area contributed by atoms with E-state index in [-0.39, 0.29) is 23.3 Å². The summed E-state index contributed by atoms with van der Waals surface area (Å²) >= 11 is 1.67. The summed E-state index contributed by atoms with van der Waals surface area (Å²) in [5.74, 6) is 2.39. The van der Waals surface area contributed by atoms with Gasteiger partial charge in [0.05, 0.1) is 5.92 Å². The van der Waals surface area contributed by atoms with E-state index in [4.69, 9.17) is 0 Å². The number of carbonyl (C=O) groups excluding carboxylic acids is 2. The summed E-state index contributed by atoms with van der Waals surface area (Å²) in [6, 6.07) is 8.04. The van der Waals surface area contributed by atoms with E-state index in [2.05, 4.69) is 5.32 Å². The summed E-state index contributed by atoms with van der Waals surface area (Å²) in [6.07, 6.45) is 9.96. The number of benzene rings is 1. The average molecular weight is 385 g/mol. The highest BCUT2D eigenvalue weighted by Crippen LogP contribution is 2.55. The monoisotopic (exact) mass is 384 g/mol. The van der Waals surface area contributed by atoms with Crippen molar-refractivity contribution in [1.29, 1.82) is 0 Å². The van der Waals surface area contributed by atoms with Crippen LogP contribution in [0, 0.1) is 23.7 Å². The molecule has 2 amide bonds. The summed E-state index contributed by atoms with van der Waals surface area (Å²) in [4.78, 5) is 28.6. The molecule has 1 N–H and O–H groups in total. The molecule has 1 heterocycles. The Morgan fingerprint density at radius 3 is 2.44 bits per heavy atom. The minimum Gasteiger partial charge on any atom is -0.350 e. The number of anilines is 1. The van der Waals surface area contributed by atoms with Crippen molar-refractivity contribution >= 4 is 29.3 Å². The summed E-state index contributed by atoms with van der Waals surface area (Å²) in [7, 11) is 0. The van der Waals surface area contributed by atoms with Gasteiger partial charge >= 0.3 is 0 Å². The molecule has 0 radical (unpaired) electrons. The highest BCUT2D eigenvalue weighted by molar-refractivity contribution is 7.98. The molecule has 0 spiro atoms. The molecule has 0 unspecified atom stereocenters. The Hall–Kier alpha value is -1.49. The first kappa shape index (κ1) is 17.6. The van der Waals surface area contributed by atoms with Gasteiger partial charge in [-0.15, -0.1) is 11.8 Å². The van der Waals surface area contributed by atoms with Gasteiger partial charge in [0.1, 0.15) is 0 Å². The summed E-state index contributed by atoms with van der Waals surface area (Å²) in [5, 5.41) is 3.46. The van der Waals surface area contributed by atoms with Crippen molar-refractivity contribution in [1.82, 2.24) is 5.32 Å². The first-order chi connectivity index (χ1) is 13.0. The maximum atomic E-state index is 13.1. The molecule has 5 fully saturated rings. The fourth-order valence-electron chi connectivity index (χ4n) is 6.54. The van der Waals surface area contributed by atoms with Gasteiger partial charge < -0.3 is 10.2 Å². The van der Waals surface area contributed by atoms with E-state index in [1.54, 1.807) is 16.7 Å². The SMILES string of the molecule is CSc1cccc(N2C[C@H](C(=O)NC34CC5CC(CC(C5)C3)C4)CC2=O)c1. The van der Waals surface area contributed by atoms with Crippen molar-refractivity contribution in [2.24, 2.45) is 23.7 Å². The van der Waals surface area contributed by atoms with Crippen LogP contribution in [0.25, 0.3) is 0 Å². The van der Waals surface area contributed by atoms with E-state index in [1.807, 2.05) is 30.5 Å². The van der Waals surface area contributed by atoms with Crippen LogP contribution < -0.4 is 10.2 Å². The lowest BCUT2D eigenvalue weighted by molar-refractivity contribution is -0.131. The van der Waals surface area contributed by atoms with E-state index in [1.165, 1.54) is 19.3 Å². The summed E-state index contributed by atoms with van der Waals surface area (Å²) < 4.78 is 0. The van der Waals surface area contributed by atoms with E-state index in [9.17, 15) is 9.59 Å². The summed E-state index contributed by atoms with van der Waals surface area (Å²) in [6.45, 7) is 0.509. The van der Waals surface area contributed by atoms with Crippen molar-refractivity contribution in [2.75, 3.05) is 17.7 Å². The van der Waals surface area contributed by atoms with Gasteiger partial charge in [-0.25, -0.2) is 0 Å². The van der Waals surface area contributed by atoms with E-state index in [0.29, 0.717) is 13.0 Å². The second kappa shape index (κ2) is 6.54. The molecule has 0 aromatic heterocycles. The Morgan fingerprint density at radius 1 is 1.15 bits per heavy atom. The Bertz CT molecular complexity index is 742. The highest BCUT2D eigenvalue weighted by Gasteiger charge is 2.52. The van der Waals surface area contributed by atoms with Crippen LogP contribution in [0.4, 0.5) is 5.69 Å². The number of hydrogen-bond acceptors (Lipinski definition) is 3. The van der Waals surface area contributed by atoms with Gasteiger partial charge in [0, 0.05) is 29.1 Å². The first-order valence-corrected chi connectivity index (χ1v) is 11.5. The number of carbonyl (C=O) groups is 2. The zero-order valence-electron chi connectivity index (χ0n) is 15.9. The number of amides is 2. The lowest BCUT2D eigenvalue weighted by atomic mass is 9.53. The smallest absolute Gasteiger partial charge is 0.227 e. The molecule has 1 aromatic carbocycles. The van der Waals surface area contributed by atoms with E-state index >= 15 is 0 Å². The Kier molecular flexibility index (Phi) is 4.26. The Labute approximate surface area is 165 Å². The second-order valence-corrected chi connectivity index (χ2v) is 10.2. The lowest BCUT2D eigenvalue weighted by Gasteiger charge is -2.57. The number of hydrogen-bond donors (Lipinski definition) is 1. The minimum absolute atomic E-state index is 0.0288. The quantitative estimate of drug-likeness (QED) is 0.802. The molecule has 27 heavy (non-hydrogen) atoms. The molecule has 1 aromatic rings. The fraction of sp³-hybridized carbons (Fsp3) is 0.636. The van der Waals surface area contributed by atoms with Crippen molar-refractivity contribution < 1.29 is 9.59 Å². The topological polar surface area (TPSA) is 49.4 Å². The predicted octanol–water partition coefficient (Wildman–Crippen LogP) is 3.85. The van der Waals surface area contributed by atoms with Crippen LogP contribution in [0.5, 0.6) is 0 Å². The average Bonchev–Trinajstić information content (AvgIpc) is 3.02. The van der Waals surface area contributed by atoms with Gasteiger partial charge in [0.2, 0.25) is 11.8 Å². The third kappa shape index (κ3) is 3.18. The van der Waals surface area contributed by atoms with Crippen LogP contribution in [-0.2, 0) is 9.59 Å². The third-order valence-electron chi connectivity index (χ3n) is 7.29. The van der Waals surface area contributed by atoms with Crippen LogP contribution in [0.3, 0.4) is 0 Å². The van der Waals surface area contributed by atoms with Crippen LogP contribution >= 0.6 is 11.8 Å². The minimum atomic E-state index is -0.219. The zero-order chi connectivity index (χ0) is 18.6. The molecule has 4 saturated carbocycles. The van der Waals surface area contributed by atoms with Gasteiger partial charge in [0.25, 0.3) is 0 Å². The molecule has 5 aliphatic rings. The molecule has 144 valence electrons. The number of nitrogens with one attached hydrogen (secondary N) is 1. The van der Waals surface area contributed by atoms with Crippen LogP contribution in [0.15, 0.2) is 29.2 Å². The molecule has 5 heteroatoms. The molecule has 1 saturated heterocycles. The van der Waals surface area contributed by atoms with Crippen LogP contribution in [-0.4, -0.2) is 30.2 Å². The number of rotatable bonds is 4. The molecule has 6 rings (SSSR count). The molecule has 4 bridgehead atoms.